The third-order valence-electron chi connectivity index (χ3n) is 5.03. The Morgan fingerprint density at radius 2 is 2.04 bits per heavy atom. The standard InChI is InChI=1S/C19H25N7O/c1-19(2)11-26(8-7-23-19)18-22-12-21-17(25-18)24-15-5-3-13(4-6-15)14-9-16(27)20-10-14/h3-6,12,14,23H,7-11H2,1-2H3,(H,20,27)(H,21,22,24,25). The summed E-state index contributed by atoms with van der Waals surface area (Å²) in [6, 6.07) is 8.09. The number of nitrogens with zero attached hydrogens (tertiary/aromatic N) is 4. The van der Waals surface area contributed by atoms with E-state index < -0.39 is 0 Å². The molecule has 0 radical (unpaired) electrons. The molecule has 0 spiro atoms. The summed E-state index contributed by atoms with van der Waals surface area (Å²) in [5.41, 5.74) is 2.11. The summed E-state index contributed by atoms with van der Waals surface area (Å²) >= 11 is 0. The molecule has 8 nitrogen and oxygen atoms in total. The second kappa shape index (κ2) is 7.11. The molecule has 27 heavy (non-hydrogen) atoms. The number of piperazine rings is 1. The Hall–Kier alpha value is -2.74. The van der Waals surface area contributed by atoms with Crippen LogP contribution < -0.4 is 20.9 Å². The minimum absolute atomic E-state index is 0.0325. The third kappa shape index (κ3) is 4.16. The van der Waals surface area contributed by atoms with Gasteiger partial charge in [-0.25, -0.2) is 9.97 Å². The average molecular weight is 367 g/mol. The lowest BCUT2D eigenvalue weighted by atomic mass is 9.98. The Bertz CT molecular complexity index is 821. The monoisotopic (exact) mass is 367 g/mol. The number of nitrogens with one attached hydrogen (secondary N) is 3. The van der Waals surface area contributed by atoms with Gasteiger partial charge in [-0.15, -0.1) is 0 Å². The van der Waals surface area contributed by atoms with Gasteiger partial charge in [0, 0.05) is 49.7 Å². The smallest absolute Gasteiger partial charge is 0.231 e. The lowest BCUT2D eigenvalue weighted by molar-refractivity contribution is -0.119. The molecule has 1 amide bonds. The Kier molecular flexibility index (Phi) is 4.65. The van der Waals surface area contributed by atoms with Crippen molar-refractivity contribution in [3.63, 3.8) is 0 Å². The Balaban J connectivity index is 1.44. The van der Waals surface area contributed by atoms with Crippen LogP contribution in [0.1, 0.15) is 31.7 Å². The number of carbonyl (C=O) groups is 1. The van der Waals surface area contributed by atoms with Crippen LogP contribution >= 0.6 is 0 Å². The van der Waals surface area contributed by atoms with E-state index in [2.05, 4.69) is 49.6 Å². The van der Waals surface area contributed by atoms with Gasteiger partial charge in [0.2, 0.25) is 17.8 Å². The van der Waals surface area contributed by atoms with Crippen molar-refractivity contribution in [1.82, 2.24) is 25.6 Å². The molecule has 0 saturated carbocycles. The van der Waals surface area contributed by atoms with Gasteiger partial charge in [0.25, 0.3) is 0 Å². The van der Waals surface area contributed by atoms with E-state index in [1.54, 1.807) is 6.33 Å². The maximum absolute atomic E-state index is 11.4. The molecule has 1 aromatic heterocycles. The molecule has 3 heterocycles. The van der Waals surface area contributed by atoms with Crippen LogP contribution in [0.15, 0.2) is 30.6 Å². The first-order valence-electron chi connectivity index (χ1n) is 9.31. The van der Waals surface area contributed by atoms with E-state index in [9.17, 15) is 4.79 Å². The van der Waals surface area contributed by atoms with Gasteiger partial charge in [0.05, 0.1) is 0 Å². The first-order chi connectivity index (χ1) is 13.0. The van der Waals surface area contributed by atoms with Crippen molar-refractivity contribution >= 4 is 23.5 Å². The van der Waals surface area contributed by atoms with Gasteiger partial charge in [0.1, 0.15) is 6.33 Å². The zero-order valence-corrected chi connectivity index (χ0v) is 15.7. The number of rotatable bonds is 4. The predicted octanol–water partition coefficient (Wildman–Crippen LogP) is 1.41. The number of aromatic nitrogens is 3. The van der Waals surface area contributed by atoms with Crippen molar-refractivity contribution in [2.45, 2.75) is 31.7 Å². The summed E-state index contributed by atoms with van der Waals surface area (Å²) in [7, 11) is 0. The number of hydrogen-bond donors (Lipinski definition) is 3. The fraction of sp³-hybridized carbons (Fsp3) is 0.474. The van der Waals surface area contributed by atoms with Gasteiger partial charge in [-0.2, -0.15) is 4.98 Å². The number of benzene rings is 1. The first-order valence-corrected chi connectivity index (χ1v) is 9.31. The highest BCUT2D eigenvalue weighted by atomic mass is 16.1. The van der Waals surface area contributed by atoms with Gasteiger partial charge >= 0.3 is 0 Å². The summed E-state index contributed by atoms with van der Waals surface area (Å²) in [4.78, 5) is 26.7. The average Bonchev–Trinajstić information content (AvgIpc) is 3.08. The van der Waals surface area contributed by atoms with Gasteiger partial charge in [-0.1, -0.05) is 12.1 Å². The van der Waals surface area contributed by atoms with Crippen LogP contribution in [0, 0.1) is 0 Å². The fourth-order valence-electron chi connectivity index (χ4n) is 3.62. The van der Waals surface area contributed by atoms with Gasteiger partial charge in [0.15, 0.2) is 0 Å². The van der Waals surface area contributed by atoms with Crippen molar-refractivity contribution in [3.8, 4) is 0 Å². The van der Waals surface area contributed by atoms with E-state index in [1.165, 1.54) is 5.56 Å². The van der Waals surface area contributed by atoms with E-state index >= 15 is 0 Å². The Morgan fingerprint density at radius 3 is 2.74 bits per heavy atom. The van der Waals surface area contributed by atoms with Crippen LogP contribution in [-0.4, -0.2) is 52.6 Å². The van der Waals surface area contributed by atoms with Crippen molar-refractivity contribution < 1.29 is 4.79 Å². The lowest BCUT2D eigenvalue weighted by Crippen LogP contribution is -2.57. The van der Waals surface area contributed by atoms with Crippen LogP contribution in [-0.2, 0) is 4.79 Å². The third-order valence-corrected chi connectivity index (χ3v) is 5.03. The molecule has 142 valence electrons. The molecule has 1 unspecified atom stereocenters. The summed E-state index contributed by atoms with van der Waals surface area (Å²) in [6.45, 7) is 7.68. The number of anilines is 3. The quantitative estimate of drug-likeness (QED) is 0.752. The largest absolute Gasteiger partial charge is 0.355 e. The molecule has 1 atom stereocenters. The molecular formula is C19H25N7O. The summed E-state index contributed by atoms with van der Waals surface area (Å²) in [6.07, 6.45) is 2.11. The van der Waals surface area contributed by atoms with Gasteiger partial charge in [-0.05, 0) is 31.5 Å². The molecular weight excluding hydrogens is 342 g/mol. The highest BCUT2D eigenvalue weighted by Gasteiger charge is 2.27. The second-order valence-corrected chi connectivity index (χ2v) is 7.79. The van der Waals surface area contributed by atoms with Crippen LogP contribution in [0.4, 0.5) is 17.6 Å². The summed E-state index contributed by atoms with van der Waals surface area (Å²) in [5, 5.41) is 9.61. The van der Waals surface area contributed by atoms with Crippen LogP contribution in [0.2, 0.25) is 0 Å². The van der Waals surface area contributed by atoms with Crippen LogP contribution in [0.25, 0.3) is 0 Å². The maximum atomic E-state index is 11.4. The second-order valence-electron chi connectivity index (χ2n) is 7.79. The van der Waals surface area contributed by atoms with E-state index in [1.807, 2.05) is 24.3 Å². The number of carbonyl (C=O) groups excluding carboxylic acids is 1. The molecule has 2 saturated heterocycles. The summed E-state index contributed by atoms with van der Waals surface area (Å²) < 4.78 is 0. The summed E-state index contributed by atoms with van der Waals surface area (Å²) in [5.74, 6) is 1.60. The number of hydrogen-bond acceptors (Lipinski definition) is 7. The number of amides is 1. The van der Waals surface area contributed by atoms with Gasteiger partial charge < -0.3 is 20.9 Å². The lowest BCUT2D eigenvalue weighted by Gasteiger charge is -2.39. The Morgan fingerprint density at radius 1 is 1.22 bits per heavy atom. The zero-order valence-electron chi connectivity index (χ0n) is 15.7. The fourth-order valence-corrected chi connectivity index (χ4v) is 3.62. The molecule has 1 aromatic carbocycles. The van der Waals surface area contributed by atoms with Crippen LogP contribution in [0.3, 0.4) is 0 Å². The molecule has 2 aromatic rings. The predicted molar refractivity (Wildman–Crippen MR) is 104 cm³/mol. The first kappa shape index (κ1) is 17.7. The van der Waals surface area contributed by atoms with E-state index in [4.69, 9.17) is 0 Å². The zero-order chi connectivity index (χ0) is 18.9. The minimum atomic E-state index is 0.0325. The Labute approximate surface area is 158 Å². The van der Waals surface area contributed by atoms with Crippen molar-refractivity contribution in [3.05, 3.63) is 36.2 Å². The molecule has 0 aliphatic carbocycles. The highest BCUT2D eigenvalue weighted by Crippen LogP contribution is 2.25. The van der Waals surface area contributed by atoms with E-state index in [0.717, 1.165) is 25.3 Å². The van der Waals surface area contributed by atoms with Crippen LogP contribution in [0.5, 0.6) is 0 Å². The van der Waals surface area contributed by atoms with Gasteiger partial charge in [-0.3, -0.25) is 4.79 Å². The van der Waals surface area contributed by atoms with E-state index in [-0.39, 0.29) is 17.4 Å². The molecule has 8 heteroatoms. The molecule has 0 bridgehead atoms. The van der Waals surface area contributed by atoms with Crippen molar-refractivity contribution in [2.24, 2.45) is 0 Å². The van der Waals surface area contributed by atoms with E-state index in [0.29, 0.717) is 24.9 Å². The molecule has 2 aliphatic heterocycles. The van der Waals surface area contributed by atoms with Crippen molar-refractivity contribution in [2.75, 3.05) is 36.4 Å². The molecule has 3 N–H and O–H groups in total. The highest BCUT2D eigenvalue weighted by molar-refractivity contribution is 5.79. The maximum Gasteiger partial charge on any atom is 0.231 e. The SMILES string of the molecule is CC1(C)CN(c2ncnc(Nc3ccc(C4CNC(=O)C4)cc3)n2)CCN1. The molecule has 2 fully saturated rings. The normalized spacial score (nSPS) is 21.8. The van der Waals surface area contributed by atoms with Crippen molar-refractivity contribution in [1.29, 1.82) is 0 Å². The minimum Gasteiger partial charge on any atom is -0.355 e. The topological polar surface area (TPSA) is 95.1 Å². The molecule has 2 aliphatic rings. The molecule has 4 rings (SSSR count).